The molecule has 0 saturated carbocycles. The molecular weight excluding hydrogens is 194 g/mol. The number of hydrogen-bond acceptors (Lipinski definition) is 3. The van der Waals surface area contributed by atoms with Gasteiger partial charge in [0.25, 0.3) is 0 Å². The Bertz CT molecular complexity index is 365. The van der Waals surface area contributed by atoms with Crippen LogP contribution in [0.1, 0.15) is 12.5 Å². The van der Waals surface area contributed by atoms with Crippen LogP contribution in [0.25, 0.3) is 0 Å². The highest BCUT2D eigenvalue weighted by Gasteiger charge is 2.33. The maximum atomic E-state index is 11.1. The van der Waals surface area contributed by atoms with Gasteiger partial charge in [-0.1, -0.05) is 12.1 Å². The number of nitrogens with one attached hydrogen (secondary N) is 1. The Morgan fingerprint density at radius 1 is 1.53 bits per heavy atom. The van der Waals surface area contributed by atoms with Gasteiger partial charge < -0.3 is 15.2 Å². The van der Waals surface area contributed by atoms with Gasteiger partial charge in [-0.15, -0.1) is 0 Å². The summed E-state index contributed by atoms with van der Waals surface area (Å²) in [6.07, 6.45) is 0. The minimum absolute atomic E-state index is 0.648. The lowest BCUT2D eigenvalue weighted by Crippen LogP contribution is -2.44. The number of rotatable bonds is 4. The van der Waals surface area contributed by atoms with E-state index in [2.05, 4.69) is 5.32 Å². The fraction of sp³-hybridized carbons (Fsp3) is 0.364. The molecule has 82 valence electrons. The van der Waals surface area contributed by atoms with Crippen LogP contribution in [0.15, 0.2) is 24.3 Å². The molecule has 1 aromatic carbocycles. The SMILES string of the molecule is CN[C@@](C)(C(=O)O)c1cccc(OC)c1. The maximum absolute atomic E-state index is 11.1. The van der Waals surface area contributed by atoms with Crippen molar-refractivity contribution in [1.29, 1.82) is 0 Å². The molecule has 0 bridgehead atoms. The van der Waals surface area contributed by atoms with Crippen molar-refractivity contribution in [2.24, 2.45) is 0 Å². The second-order valence-electron chi connectivity index (χ2n) is 3.41. The largest absolute Gasteiger partial charge is 0.497 e. The molecule has 0 aromatic heterocycles. The number of carboxylic acid groups (broad SMARTS) is 1. The number of methoxy groups -OCH3 is 1. The zero-order valence-corrected chi connectivity index (χ0v) is 9.07. The zero-order valence-electron chi connectivity index (χ0n) is 9.07. The second-order valence-corrected chi connectivity index (χ2v) is 3.41. The summed E-state index contributed by atoms with van der Waals surface area (Å²) in [4.78, 5) is 11.1. The van der Waals surface area contributed by atoms with E-state index in [0.29, 0.717) is 11.3 Å². The molecule has 0 radical (unpaired) electrons. The molecule has 0 aliphatic carbocycles. The van der Waals surface area contributed by atoms with E-state index in [1.165, 1.54) is 0 Å². The molecule has 1 atom stereocenters. The first-order valence-corrected chi connectivity index (χ1v) is 4.61. The fourth-order valence-electron chi connectivity index (χ4n) is 1.31. The molecule has 0 aliphatic heterocycles. The molecule has 0 spiro atoms. The molecule has 4 heteroatoms. The quantitative estimate of drug-likeness (QED) is 0.782. The van der Waals surface area contributed by atoms with Crippen molar-refractivity contribution in [3.05, 3.63) is 29.8 Å². The molecule has 15 heavy (non-hydrogen) atoms. The molecule has 0 aliphatic rings. The first-order chi connectivity index (χ1) is 7.04. The van der Waals surface area contributed by atoms with Gasteiger partial charge in [-0.3, -0.25) is 0 Å². The molecule has 0 unspecified atom stereocenters. The van der Waals surface area contributed by atoms with Crippen molar-refractivity contribution in [3.8, 4) is 5.75 Å². The molecule has 1 rings (SSSR count). The summed E-state index contributed by atoms with van der Waals surface area (Å²) < 4.78 is 5.05. The molecule has 0 amide bonds. The lowest BCUT2D eigenvalue weighted by Gasteiger charge is -2.24. The summed E-state index contributed by atoms with van der Waals surface area (Å²) >= 11 is 0. The van der Waals surface area contributed by atoms with Crippen LogP contribution in [0.3, 0.4) is 0 Å². The number of hydrogen-bond donors (Lipinski definition) is 2. The van der Waals surface area contributed by atoms with E-state index in [0.717, 1.165) is 0 Å². The van der Waals surface area contributed by atoms with Crippen molar-refractivity contribution in [1.82, 2.24) is 5.32 Å². The van der Waals surface area contributed by atoms with Crippen LogP contribution >= 0.6 is 0 Å². The predicted octanol–water partition coefficient (Wildman–Crippen LogP) is 1.21. The van der Waals surface area contributed by atoms with E-state index in [-0.39, 0.29) is 0 Å². The van der Waals surface area contributed by atoms with Gasteiger partial charge in [-0.05, 0) is 31.7 Å². The van der Waals surface area contributed by atoms with Crippen molar-refractivity contribution >= 4 is 5.97 Å². The fourth-order valence-corrected chi connectivity index (χ4v) is 1.31. The molecule has 0 heterocycles. The third-order valence-corrected chi connectivity index (χ3v) is 2.57. The Kier molecular flexibility index (Phi) is 3.31. The number of ether oxygens (including phenoxy) is 1. The maximum Gasteiger partial charge on any atom is 0.328 e. The first kappa shape index (κ1) is 11.5. The minimum Gasteiger partial charge on any atom is -0.497 e. The van der Waals surface area contributed by atoms with E-state index in [1.807, 2.05) is 0 Å². The van der Waals surface area contributed by atoms with Gasteiger partial charge in [0.15, 0.2) is 0 Å². The normalized spacial score (nSPS) is 14.3. The lowest BCUT2D eigenvalue weighted by molar-refractivity contribution is -0.144. The Labute approximate surface area is 88.9 Å². The third kappa shape index (κ3) is 2.10. The highest BCUT2D eigenvalue weighted by atomic mass is 16.5. The van der Waals surface area contributed by atoms with Crippen molar-refractivity contribution in [2.75, 3.05) is 14.2 Å². The van der Waals surface area contributed by atoms with Crippen LogP contribution in [0.5, 0.6) is 5.75 Å². The van der Waals surface area contributed by atoms with Crippen molar-refractivity contribution < 1.29 is 14.6 Å². The molecule has 1 aromatic rings. The van der Waals surface area contributed by atoms with Crippen LogP contribution in [-0.2, 0) is 10.3 Å². The van der Waals surface area contributed by atoms with Crippen LogP contribution in [-0.4, -0.2) is 25.2 Å². The van der Waals surface area contributed by atoms with Gasteiger partial charge in [0.2, 0.25) is 0 Å². The van der Waals surface area contributed by atoms with E-state index < -0.39 is 11.5 Å². The number of aliphatic carboxylic acids is 1. The predicted molar refractivity (Wildman–Crippen MR) is 57.0 cm³/mol. The molecular formula is C11H15NO3. The highest BCUT2D eigenvalue weighted by Crippen LogP contribution is 2.24. The summed E-state index contributed by atoms with van der Waals surface area (Å²) in [5.41, 5.74) is -0.425. The summed E-state index contributed by atoms with van der Waals surface area (Å²) in [5.74, 6) is -0.270. The Balaban J connectivity index is 3.18. The molecule has 4 nitrogen and oxygen atoms in total. The summed E-state index contributed by atoms with van der Waals surface area (Å²) in [6, 6.07) is 7.02. The second kappa shape index (κ2) is 4.31. The standard InChI is InChI=1S/C11H15NO3/c1-11(12-2,10(13)14)8-5-4-6-9(7-8)15-3/h4-7,12H,1-3H3,(H,13,14)/t11-/m1/s1. The number of carbonyl (C=O) groups is 1. The summed E-state index contributed by atoms with van der Waals surface area (Å²) in [5, 5.41) is 11.9. The monoisotopic (exact) mass is 209 g/mol. The van der Waals surface area contributed by atoms with E-state index >= 15 is 0 Å². The highest BCUT2D eigenvalue weighted by molar-refractivity contribution is 5.80. The average Bonchev–Trinajstić information content (AvgIpc) is 2.27. The Morgan fingerprint density at radius 2 is 2.20 bits per heavy atom. The van der Waals surface area contributed by atoms with Crippen LogP contribution in [0.2, 0.25) is 0 Å². The van der Waals surface area contributed by atoms with Gasteiger partial charge in [-0.2, -0.15) is 0 Å². The van der Waals surface area contributed by atoms with Crippen LogP contribution in [0, 0.1) is 0 Å². The number of likely N-dealkylation sites (N-methyl/N-ethyl adjacent to an activating group) is 1. The van der Waals surface area contributed by atoms with Crippen LogP contribution < -0.4 is 10.1 Å². The summed E-state index contributed by atoms with van der Waals surface area (Å²) in [7, 11) is 3.17. The van der Waals surface area contributed by atoms with Gasteiger partial charge in [0.1, 0.15) is 11.3 Å². The molecule has 0 saturated heterocycles. The van der Waals surface area contributed by atoms with E-state index in [4.69, 9.17) is 9.84 Å². The van der Waals surface area contributed by atoms with Crippen molar-refractivity contribution in [3.63, 3.8) is 0 Å². The van der Waals surface area contributed by atoms with Crippen molar-refractivity contribution in [2.45, 2.75) is 12.5 Å². The first-order valence-electron chi connectivity index (χ1n) is 4.61. The number of carboxylic acids is 1. The zero-order chi connectivity index (χ0) is 11.5. The van der Waals surface area contributed by atoms with Gasteiger partial charge in [0.05, 0.1) is 7.11 Å². The molecule has 0 fully saturated rings. The minimum atomic E-state index is -1.09. The Morgan fingerprint density at radius 3 is 2.67 bits per heavy atom. The van der Waals surface area contributed by atoms with E-state index in [1.54, 1.807) is 45.3 Å². The van der Waals surface area contributed by atoms with Gasteiger partial charge in [-0.25, -0.2) is 4.79 Å². The summed E-state index contributed by atoms with van der Waals surface area (Å²) in [6.45, 7) is 1.62. The Hall–Kier alpha value is -1.55. The lowest BCUT2D eigenvalue weighted by atomic mass is 9.92. The van der Waals surface area contributed by atoms with Gasteiger partial charge >= 0.3 is 5.97 Å². The van der Waals surface area contributed by atoms with Gasteiger partial charge in [0, 0.05) is 0 Å². The number of benzene rings is 1. The topological polar surface area (TPSA) is 58.6 Å². The average molecular weight is 209 g/mol. The van der Waals surface area contributed by atoms with Crippen LogP contribution in [0.4, 0.5) is 0 Å². The smallest absolute Gasteiger partial charge is 0.328 e. The third-order valence-electron chi connectivity index (χ3n) is 2.57. The molecule has 2 N–H and O–H groups in total. The van der Waals surface area contributed by atoms with E-state index in [9.17, 15) is 4.79 Å².